The molecule has 0 fully saturated rings. The first-order valence-corrected chi connectivity index (χ1v) is 5.86. The summed E-state index contributed by atoms with van der Waals surface area (Å²) in [5.74, 6) is 1.20. The van der Waals surface area contributed by atoms with Gasteiger partial charge in [0, 0.05) is 11.6 Å². The van der Waals surface area contributed by atoms with Gasteiger partial charge < -0.3 is 4.74 Å². The van der Waals surface area contributed by atoms with E-state index < -0.39 is 0 Å². The van der Waals surface area contributed by atoms with E-state index in [4.69, 9.17) is 16.3 Å². The maximum atomic E-state index is 10.9. The molecule has 94 valence electrons. The second-order valence-electron chi connectivity index (χ2n) is 3.58. The molecular formula is C12H12ClN3O2. The highest BCUT2D eigenvalue weighted by Gasteiger charge is 2.07. The van der Waals surface area contributed by atoms with Crippen LogP contribution in [-0.4, -0.2) is 21.1 Å². The van der Waals surface area contributed by atoms with Gasteiger partial charge in [0.25, 0.3) is 0 Å². The molecule has 2 rings (SSSR count). The monoisotopic (exact) mass is 265 g/mol. The fraction of sp³-hybridized carbons (Fsp3) is 0.250. The van der Waals surface area contributed by atoms with Crippen LogP contribution in [0.3, 0.4) is 0 Å². The van der Waals surface area contributed by atoms with E-state index in [0.29, 0.717) is 28.4 Å². The van der Waals surface area contributed by atoms with Gasteiger partial charge in [0.05, 0.1) is 5.56 Å². The number of hydrogen-bond acceptors (Lipinski definition) is 4. The molecule has 0 aliphatic rings. The summed E-state index contributed by atoms with van der Waals surface area (Å²) in [6, 6.07) is 4.90. The van der Waals surface area contributed by atoms with E-state index in [0.717, 1.165) is 6.54 Å². The molecule has 1 aromatic heterocycles. The molecule has 6 heteroatoms. The lowest BCUT2D eigenvalue weighted by molar-refractivity contribution is 0.111. The van der Waals surface area contributed by atoms with Gasteiger partial charge >= 0.3 is 0 Å². The van der Waals surface area contributed by atoms with E-state index >= 15 is 0 Å². The number of aromatic nitrogens is 3. The molecule has 0 bridgehead atoms. The zero-order valence-corrected chi connectivity index (χ0v) is 10.6. The highest BCUT2D eigenvalue weighted by atomic mass is 35.5. The van der Waals surface area contributed by atoms with Crippen molar-refractivity contribution < 1.29 is 9.53 Å². The number of aryl methyl sites for hydroxylation is 1. The Balaban J connectivity index is 2.13. The van der Waals surface area contributed by atoms with Crippen LogP contribution in [0.15, 0.2) is 24.5 Å². The van der Waals surface area contributed by atoms with Crippen LogP contribution in [0.2, 0.25) is 5.02 Å². The quantitative estimate of drug-likeness (QED) is 0.779. The minimum atomic E-state index is 0.260. The molecule has 0 aliphatic carbocycles. The third-order valence-corrected chi connectivity index (χ3v) is 2.69. The van der Waals surface area contributed by atoms with Crippen molar-refractivity contribution in [3.05, 3.63) is 40.9 Å². The summed E-state index contributed by atoms with van der Waals surface area (Å²) < 4.78 is 7.29. The van der Waals surface area contributed by atoms with Gasteiger partial charge in [-0.15, -0.1) is 0 Å². The standard InChI is InChI=1S/C12H12ClN3O2/c1-2-16-12(14-8-15-16)7-18-11-4-3-10(13)5-9(11)6-17/h3-6,8H,2,7H2,1H3. The van der Waals surface area contributed by atoms with Crippen LogP contribution in [0.4, 0.5) is 0 Å². The molecule has 0 saturated carbocycles. The fourth-order valence-corrected chi connectivity index (χ4v) is 1.73. The second-order valence-corrected chi connectivity index (χ2v) is 4.02. The molecule has 18 heavy (non-hydrogen) atoms. The first-order valence-electron chi connectivity index (χ1n) is 5.48. The smallest absolute Gasteiger partial charge is 0.164 e. The minimum Gasteiger partial charge on any atom is -0.485 e. The fourth-order valence-electron chi connectivity index (χ4n) is 1.55. The number of aldehydes is 1. The summed E-state index contributed by atoms with van der Waals surface area (Å²) in [4.78, 5) is 15.0. The maximum Gasteiger partial charge on any atom is 0.164 e. The Morgan fingerprint density at radius 3 is 3.06 bits per heavy atom. The SMILES string of the molecule is CCn1ncnc1COc1ccc(Cl)cc1C=O. The van der Waals surface area contributed by atoms with Crippen LogP contribution >= 0.6 is 11.6 Å². The number of ether oxygens (including phenoxy) is 1. The topological polar surface area (TPSA) is 57.0 Å². The average Bonchev–Trinajstić information content (AvgIpc) is 2.84. The average molecular weight is 266 g/mol. The highest BCUT2D eigenvalue weighted by molar-refractivity contribution is 6.30. The van der Waals surface area contributed by atoms with Gasteiger partial charge in [-0.1, -0.05) is 11.6 Å². The molecular weight excluding hydrogens is 254 g/mol. The maximum absolute atomic E-state index is 10.9. The largest absolute Gasteiger partial charge is 0.485 e. The molecule has 2 aromatic rings. The number of hydrogen-bond donors (Lipinski definition) is 0. The normalized spacial score (nSPS) is 10.3. The number of benzene rings is 1. The summed E-state index contributed by atoms with van der Waals surface area (Å²) >= 11 is 5.80. The van der Waals surface area contributed by atoms with Gasteiger partial charge in [0.15, 0.2) is 12.1 Å². The highest BCUT2D eigenvalue weighted by Crippen LogP contribution is 2.22. The van der Waals surface area contributed by atoms with E-state index in [2.05, 4.69) is 10.1 Å². The first-order chi connectivity index (χ1) is 8.74. The van der Waals surface area contributed by atoms with Crippen LogP contribution in [-0.2, 0) is 13.2 Å². The summed E-state index contributed by atoms with van der Waals surface area (Å²) in [5.41, 5.74) is 0.421. The van der Waals surface area contributed by atoms with E-state index in [1.807, 2.05) is 6.92 Å². The van der Waals surface area contributed by atoms with Crippen LogP contribution in [0.25, 0.3) is 0 Å². The molecule has 0 atom stereocenters. The van der Waals surface area contributed by atoms with Crippen molar-refractivity contribution >= 4 is 17.9 Å². The lowest BCUT2D eigenvalue weighted by Crippen LogP contribution is -2.08. The van der Waals surface area contributed by atoms with E-state index in [1.165, 1.54) is 6.33 Å². The zero-order chi connectivity index (χ0) is 13.0. The van der Waals surface area contributed by atoms with Crippen molar-refractivity contribution in [1.29, 1.82) is 0 Å². The Morgan fingerprint density at radius 2 is 2.33 bits per heavy atom. The number of halogens is 1. The van der Waals surface area contributed by atoms with Crippen molar-refractivity contribution in [3.8, 4) is 5.75 Å². The lowest BCUT2D eigenvalue weighted by atomic mass is 10.2. The Kier molecular flexibility index (Phi) is 3.94. The summed E-state index contributed by atoms with van der Waals surface area (Å²) in [5, 5.41) is 4.54. The first kappa shape index (κ1) is 12.6. The predicted octanol–water partition coefficient (Wildman–Crippen LogP) is 2.34. The molecule has 0 saturated heterocycles. The van der Waals surface area contributed by atoms with Crippen LogP contribution in [0, 0.1) is 0 Å². The van der Waals surface area contributed by atoms with Crippen molar-refractivity contribution in [3.63, 3.8) is 0 Å². The zero-order valence-electron chi connectivity index (χ0n) is 9.84. The van der Waals surface area contributed by atoms with Crippen molar-refractivity contribution in [2.24, 2.45) is 0 Å². The molecule has 0 radical (unpaired) electrons. The lowest BCUT2D eigenvalue weighted by Gasteiger charge is -2.08. The van der Waals surface area contributed by atoms with Gasteiger partial charge in [-0.25, -0.2) is 9.67 Å². The van der Waals surface area contributed by atoms with Crippen molar-refractivity contribution in [2.45, 2.75) is 20.1 Å². The molecule has 5 nitrogen and oxygen atoms in total. The van der Waals surface area contributed by atoms with Gasteiger partial charge in [-0.3, -0.25) is 4.79 Å². The number of carbonyl (C=O) groups is 1. The second kappa shape index (κ2) is 5.64. The molecule has 0 N–H and O–H groups in total. The van der Waals surface area contributed by atoms with E-state index in [1.54, 1.807) is 22.9 Å². The Labute approximate surface area is 109 Å². The van der Waals surface area contributed by atoms with Crippen LogP contribution in [0.5, 0.6) is 5.75 Å². The van der Waals surface area contributed by atoms with Gasteiger partial charge in [0.1, 0.15) is 18.7 Å². The number of nitrogens with zero attached hydrogens (tertiary/aromatic N) is 3. The van der Waals surface area contributed by atoms with Crippen LogP contribution in [0.1, 0.15) is 23.1 Å². The van der Waals surface area contributed by atoms with E-state index in [9.17, 15) is 4.79 Å². The Morgan fingerprint density at radius 1 is 1.50 bits per heavy atom. The minimum absolute atomic E-state index is 0.260. The van der Waals surface area contributed by atoms with Crippen molar-refractivity contribution in [1.82, 2.24) is 14.8 Å². The Hall–Kier alpha value is -1.88. The Bertz CT molecular complexity index is 554. The van der Waals surface area contributed by atoms with Crippen LogP contribution < -0.4 is 4.74 Å². The van der Waals surface area contributed by atoms with Gasteiger partial charge in [-0.2, -0.15) is 5.10 Å². The molecule has 0 aliphatic heterocycles. The summed E-state index contributed by atoms with van der Waals surface area (Å²) in [6.45, 7) is 2.95. The number of rotatable bonds is 5. The summed E-state index contributed by atoms with van der Waals surface area (Å²) in [7, 11) is 0. The molecule has 0 spiro atoms. The molecule has 1 aromatic carbocycles. The third kappa shape index (κ3) is 2.68. The molecule has 0 unspecified atom stereocenters. The molecule has 0 amide bonds. The molecule has 1 heterocycles. The predicted molar refractivity (Wildman–Crippen MR) is 66.9 cm³/mol. The number of carbonyl (C=O) groups excluding carboxylic acids is 1. The van der Waals surface area contributed by atoms with Gasteiger partial charge in [0.2, 0.25) is 0 Å². The third-order valence-electron chi connectivity index (χ3n) is 2.45. The summed E-state index contributed by atoms with van der Waals surface area (Å²) in [6.07, 6.45) is 2.19. The van der Waals surface area contributed by atoms with Crippen molar-refractivity contribution in [2.75, 3.05) is 0 Å². The van der Waals surface area contributed by atoms with E-state index in [-0.39, 0.29) is 6.61 Å². The van der Waals surface area contributed by atoms with Gasteiger partial charge in [-0.05, 0) is 25.1 Å².